The molecule has 0 amide bonds. The number of halogens is 1. The Hall–Kier alpha value is -3.45. The topological polar surface area (TPSA) is 80.7 Å². The van der Waals surface area contributed by atoms with Gasteiger partial charge in [0.15, 0.2) is 0 Å². The number of anilines is 1. The Morgan fingerprint density at radius 1 is 1.19 bits per heavy atom. The minimum atomic E-state index is 0.187. The van der Waals surface area contributed by atoms with E-state index in [4.69, 9.17) is 22.1 Å². The van der Waals surface area contributed by atoms with Gasteiger partial charge in [-0.25, -0.2) is 4.98 Å². The number of hydrogen-bond donors (Lipinski definition) is 2. The van der Waals surface area contributed by atoms with Crippen LogP contribution in [0.5, 0.6) is 5.75 Å². The number of imidazole rings is 1. The molecule has 2 atom stereocenters. The number of nitrogens with two attached hydrogens (primary N) is 1. The molecule has 1 aliphatic carbocycles. The SMILES string of the molecule is COc1cc(NC2=NC(N)=C3CCC(c4ccccc4)[C@@H]3N2C)ccc1-n1cnc(Cl)c1. The molecule has 1 unspecified atom stereocenters. The molecule has 32 heavy (non-hydrogen) atoms. The summed E-state index contributed by atoms with van der Waals surface area (Å²) in [5.74, 6) is 2.41. The largest absolute Gasteiger partial charge is 0.494 e. The van der Waals surface area contributed by atoms with Gasteiger partial charge in [-0.1, -0.05) is 41.9 Å². The van der Waals surface area contributed by atoms with Gasteiger partial charge >= 0.3 is 0 Å². The highest BCUT2D eigenvalue weighted by Gasteiger charge is 2.40. The van der Waals surface area contributed by atoms with E-state index in [-0.39, 0.29) is 6.04 Å². The Morgan fingerprint density at radius 3 is 2.72 bits per heavy atom. The molecule has 3 N–H and O–H groups in total. The maximum atomic E-state index is 6.40. The van der Waals surface area contributed by atoms with Crippen LogP contribution in [0.4, 0.5) is 5.69 Å². The zero-order valence-electron chi connectivity index (χ0n) is 18.0. The van der Waals surface area contributed by atoms with Gasteiger partial charge in [-0.15, -0.1) is 0 Å². The molecule has 2 heterocycles. The molecular weight excluding hydrogens is 424 g/mol. The average Bonchev–Trinajstić information content (AvgIpc) is 3.45. The Labute approximate surface area is 192 Å². The van der Waals surface area contributed by atoms with Crippen LogP contribution in [0.2, 0.25) is 5.15 Å². The summed E-state index contributed by atoms with van der Waals surface area (Å²) >= 11 is 5.97. The van der Waals surface area contributed by atoms with Crippen LogP contribution in [0.25, 0.3) is 5.69 Å². The van der Waals surface area contributed by atoms with Gasteiger partial charge in [0.25, 0.3) is 0 Å². The summed E-state index contributed by atoms with van der Waals surface area (Å²) in [6.07, 6.45) is 5.42. The number of hydrogen-bond acceptors (Lipinski definition) is 6. The van der Waals surface area contributed by atoms with E-state index in [1.807, 2.05) is 22.8 Å². The van der Waals surface area contributed by atoms with Crippen LogP contribution in [0.15, 0.2) is 77.4 Å². The second-order valence-electron chi connectivity index (χ2n) is 8.07. The molecule has 1 aromatic heterocycles. The number of nitrogens with zero attached hydrogens (tertiary/aromatic N) is 4. The third kappa shape index (κ3) is 3.58. The quantitative estimate of drug-likeness (QED) is 0.619. The highest BCUT2D eigenvalue weighted by Crippen LogP contribution is 2.43. The Kier molecular flexibility index (Phi) is 5.27. The Morgan fingerprint density at radius 2 is 2.00 bits per heavy atom. The van der Waals surface area contributed by atoms with Crippen molar-refractivity contribution in [3.63, 3.8) is 0 Å². The van der Waals surface area contributed by atoms with Crippen molar-refractivity contribution in [1.82, 2.24) is 14.5 Å². The van der Waals surface area contributed by atoms with Crippen LogP contribution in [-0.4, -0.2) is 40.6 Å². The molecule has 7 nitrogen and oxygen atoms in total. The lowest BCUT2D eigenvalue weighted by Crippen LogP contribution is -2.46. The summed E-state index contributed by atoms with van der Waals surface area (Å²) in [4.78, 5) is 11.0. The second kappa shape index (κ2) is 8.24. The fourth-order valence-corrected chi connectivity index (χ4v) is 4.88. The van der Waals surface area contributed by atoms with Crippen LogP contribution in [-0.2, 0) is 0 Å². The lowest BCUT2D eigenvalue weighted by molar-refractivity contribution is 0.371. The molecule has 0 radical (unpaired) electrons. The van der Waals surface area contributed by atoms with E-state index in [1.165, 1.54) is 11.1 Å². The van der Waals surface area contributed by atoms with Gasteiger partial charge in [-0.05, 0) is 36.1 Å². The van der Waals surface area contributed by atoms with Crippen LogP contribution in [0.3, 0.4) is 0 Å². The molecule has 164 valence electrons. The van der Waals surface area contributed by atoms with Gasteiger partial charge in [0.1, 0.15) is 23.1 Å². The Bertz CT molecular complexity index is 1200. The zero-order chi connectivity index (χ0) is 22.2. The fourth-order valence-electron chi connectivity index (χ4n) is 4.73. The van der Waals surface area contributed by atoms with Crippen molar-refractivity contribution >= 4 is 23.2 Å². The van der Waals surface area contributed by atoms with Gasteiger partial charge in [-0.2, -0.15) is 4.99 Å². The maximum Gasteiger partial charge on any atom is 0.205 e. The van der Waals surface area contributed by atoms with E-state index in [9.17, 15) is 0 Å². The summed E-state index contributed by atoms with van der Waals surface area (Å²) in [7, 11) is 3.71. The summed E-state index contributed by atoms with van der Waals surface area (Å²) < 4.78 is 7.44. The van der Waals surface area contributed by atoms with Crippen molar-refractivity contribution in [2.24, 2.45) is 10.7 Å². The molecule has 1 saturated carbocycles. The molecule has 0 saturated heterocycles. The lowest BCUT2D eigenvalue weighted by Gasteiger charge is -2.36. The third-order valence-corrected chi connectivity index (χ3v) is 6.46. The smallest absolute Gasteiger partial charge is 0.205 e. The first-order chi connectivity index (χ1) is 15.5. The average molecular weight is 449 g/mol. The normalized spacial score (nSPS) is 20.2. The van der Waals surface area contributed by atoms with Gasteiger partial charge in [0, 0.05) is 30.9 Å². The number of benzene rings is 2. The number of aliphatic imine (C=N–C) groups is 1. The van der Waals surface area contributed by atoms with E-state index in [0.29, 0.717) is 22.6 Å². The summed E-state index contributed by atoms with van der Waals surface area (Å²) in [5, 5.41) is 3.86. The van der Waals surface area contributed by atoms with E-state index in [2.05, 4.69) is 57.6 Å². The number of aromatic nitrogens is 2. The fraction of sp³-hybridized carbons (Fsp3) is 0.250. The predicted molar refractivity (Wildman–Crippen MR) is 127 cm³/mol. The first-order valence-electron chi connectivity index (χ1n) is 10.5. The standard InChI is InChI=1S/C24H25ClN6O/c1-30-22-17(15-6-4-3-5-7-15)9-10-18(22)23(26)29-24(30)28-16-8-11-19(20(12-16)32-2)31-13-21(25)27-14-31/h3-8,11-14,17,22H,9-10,26H2,1-2H3,(H,28,29)/t17?,22-/m0/s1. The Balaban J connectivity index is 1.43. The molecule has 0 bridgehead atoms. The molecule has 2 aliphatic rings. The molecule has 3 aromatic rings. The third-order valence-electron chi connectivity index (χ3n) is 6.26. The summed E-state index contributed by atoms with van der Waals surface area (Å²) in [6, 6.07) is 16.7. The molecular formula is C24H25ClN6O. The van der Waals surface area contributed by atoms with E-state index in [0.717, 1.165) is 30.2 Å². The van der Waals surface area contributed by atoms with E-state index in [1.54, 1.807) is 19.6 Å². The van der Waals surface area contributed by atoms with Gasteiger partial charge in [0.05, 0.1) is 18.8 Å². The van der Waals surface area contributed by atoms with E-state index >= 15 is 0 Å². The minimum absolute atomic E-state index is 0.187. The summed E-state index contributed by atoms with van der Waals surface area (Å²) in [5.41, 5.74) is 10.7. The lowest BCUT2D eigenvalue weighted by atomic mass is 9.91. The molecule has 1 aliphatic heterocycles. The molecule has 8 heteroatoms. The van der Waals surface area contributed by atoms with Crippen LogP contribution >= 0.6 is 11.6 Å². The first kappa shape index (κ1) is 20.5. The molecule has 0 spiro atoms. The number of guanidine groups is 1. The van der Waals surface area contributed by atoms with Crippen molar-refractivity contribution in [3.05, 3.63) is 83.2 Å². The highest BCUT2D eigenvalue weighted by atomic mass is 35.5. The predicted octanol–water partition coefficient (Wildman–Crippen LogP) is 4.36. The van der Waals surface area contributed by atoms with Crippen LogP contribution in [0.1, 0.15) is 24.3 Å². The maximum absolute atomic E-state index is 6.40. The monoisotopic (exact) mass is 448 g/mol. The van der Waals surface area contributed by atoms with Crippen molar-refractivity contribution in [1.29, 1.82) is 0 Å². The number of nitrogens with one attached hydrogen (secondary N) is 1. The number of rotatable bonds is 4. The van der Waals surface area contributed by atoms with E-state index < -0.39 is 0 Å². The van der Waals surface area contributed by atoms with Crippen molar-refractivity contribution < 1.29 is 4.74 Å². The van der Waals surface area contributed by atoms with Crippen molar-refractivity contribution in [2.45, 2.75) is 24.8 Å². The number of methoxy groups -OCH3 is 1. The molecule has 2 aromatic carbocycles. The molecule has 5 rings (SSSR count). The van der Waals surface area contributed by atoms with Gasteiger partial charge < -0.3 is 25.3 Å². The minimum Gasteiger partial charge on any atom is -0.494 e. The van der Waals surface area contributed by atoms with Crippen molar-refractivity contribution in [3.8, 4) is 11.4 Å². The number of ether oxygens (including phenoxy) is 1. The zero-order valence-corrected chi connectivity index (χ0v) is 18.8. The van der Waals surface area contributed by atoms with Gasteiger partial charge in [0.2, 0.25) is 5.96 Å². The number of fused-ring (bicyclic) bond motifs is 1. The second-order valence-corrected chi connectivity index (χ2v) is 8.46. The van der Waals surface area contributed by atoms with Crippen LogP contribution < -0.4 is 15.8 Å². The number of likely N-dealkylation sites (N-methyl/N-ethyl adjacent to an activating group) is 1. The van der Waals surface area contributed by atoms with Gasteiger partial charge in [-0.3, -0.25) is 0 Å². The first-order valence-corrected chi connectivity index (χ1v) is 10.9. The van der Waals surface area contributed by atoms with Crippen LogP contribution in [0, 0.1) is 0 Å². The van der Waals surface area contributed by atoms with Crippen molar-refractivity contribution in [2.75, 3.05) is 19.5 Å². The summed E-state index contributed by atoms with van der Waals surface area (Å²) in [6.45, 7) is 0. The highest BCUT2D eigenvalue weighted by molar-refractivity contribution is 6.29. The molecule has 1 fully saturated rings.